The number of aliphatic imine (C=N–C) groups is 1. The number of thioether (sulfide) groups is 1. The molecule has 5 aromatic rings. The van der Waals surface area contributed by atoms with E-state index in [1.807, 2.05) is 42.6 Å². The van der Waals surface area contributed by atoms with Crippen molar-refractivity contribution in [3.05, 3.63) is 141 Å². The Balaban J connectivity index is 1.22. The van der Waals surface area contributed by atoms with E-state index in [0.29, 0.717) is 40.0 Å². The van der Waals surface area contributed by atoms with Gasteiger partial charge in [0, 0.05) is 41.3 Å². The number of amides is 1. The standard InChI is InChI=1S/C33H25FN4O4S/c34-29-7-3-1-5-24(29)21-42-27-15-9-22(10-16-27)19-31-32(39)37(18-17-23-20-35-30-8-4-2-6-28(23)30)33(43-31)36-25-11-13-26(14-12-25)38(40)41/h1-16,19-20,35H,17-18,21H2/b31-19-,36-33?. The van der Waals surface area contributed by atoms with Crippen LogP contribution in [0.1, 0.15) is 16.7 Å². The normalized spacial score (nSPS) is 15.1. The molecule has 43 heavy (non-hydrogen) atoms. The Kier molecular flexibility index (Phi) is 8.01. The highest BCUT2D eigenvalue weighted by Gasteiger charge is 2.33. The Labute approximate surface area is 250 Å². The highest BCUT2D eigenvalue weighted by molar-refractivity contribution is 8.18. The van der Waals surface area contributed by atoms with Gasteiger partial charge in [0.05, 0.1) is 15.5 Å². The summed E-state index contributed by atoms with van der Waals surface area (Å²) in [5.74, 6) is 0.0861. The smallest absolute Gasteiger partial charge is 0.269 e. The van der Waals surface area contributed by atoms with E-state index in [-0.39, 0.29) is 24.0 Å². The molecule has 10 heteroatoms. The zero-order valence-corrected chi connectivity index (χ0v) is 23.6. The molecule has 1 saturated heterocycles. The van der Waals surface area contributed by atoms with Gasteiger partial charge in [0.2, 0.25) is 0 Å². The average Bonchev–Trinajstić information content (AvgIpc) is 3.56. The molecule has 1 aliphatic heterocycles. The van der Waals surface area contributed by atoms with Gasteiger partial charge in [-0.15, -0.1) is 0 Å². The van der Waals surface area contributed by atoms with Crippen molar-refractivity contribution >= 4 is 51.2 Å². The van der Waals surface area contributed by atoms with E-state index in [1.54, 1.807) is 53.4 Å². The largest absolute Gasteiger partial charge is 0.489 e. The average molecular weight is 593 g/mol. The van der Waals surface area contributed by atoms with E-state index >= 15 is 0 Å². The van der Waals surface area contributed by atoms with Crippen molar-refractivity contribution in [2.45, 2.75) is 13.0 Å². The molecule has 0 saturated carbocycles. The maximum Gasteiger partial charge on any atom is 0.269 e. The van der Waals surface area contributed by atoms with Crippen LogP contribution in [0.5, 0.6) is 5.75 Å². The van der Waals surface area contributed by atoms with Crippen LogP contribution in [0.25, 0.3) is 17.0 Å². The van der Waals surface area contributed by atoms with Gasteiger partial charge in [-0.3, -0.25) is 19.8 Å². The Hall–Kier alpha value is -5.22. The van der Waals surface area contributed by atoms with Gasteiger partial charge in [0.25, 0.3) is 11.6 Å². The lowest BCUT2D eigenvalue weighted by molar-refractivity contribution is -0.384. The lowest BCUT2D eigenvalue weighted by Crippen LogP contribution is -2.31. The first kappa shape index (κ1) is 27.9. The molecule has 1 fully saturated rings. The summed E-state index contributed by atoms with van der Waals surface area (Å²) >= 11 is 1.25. The number of nitro groups is 1. The Bertz CT molecular complexity index is 1870. The van der Waals surface area contributed by atoms with E-state index in [9.17, 15) is 19.3 Å². The van der Waals surface area contributed by atoms with Gasteiger partial charge in [0.1, 0.15) is 18.2 Å². The van der Waals surface area contributed by atoms with Crippen LogP contribution in [0.2, 0.25) is 0 Å². The summed E-state index contributed by atoms with van der Waals surface area (Å²) in [5, 5.41) is 12.7. The number of nitrogens with zero attached hydrogens (tertiary/aromatic N) is 3. The van der Waals surface area contributed by atoms with Crippen molar-refractivity contribution in [1.82, 2.24) is 9.88 Å². The number of aromatic amines is 1. The molecule has 1 aliphatic rings. The van der Waals surface area contributed by atoms with Crippen molar-refractivity contribution in [2.24, 2.45) is 4.99 Å². The molecule has 0 atom stereocenters. The fraction of sp³-hybridized carbons (Fsp3) is 0.0909. The quantitative estimate of drug-likeness (QED) is 0.108. The number of fused-ring (bicyclic) bond motifs is 1. The zero-order chi connectivity index (χ0) is 29.8. The minimum absolute atomic E-state index is 0.0304. The molecule has 4 aromatic carbocycles. The second-order valence-corrected chi connectivity index (χ2v) is 10.8. The van der Waals surface area contributed by atoms with E-state index in [4.69, 9.17) is 4.74 Å². The van der Waals surface area contributed by atoms with E-state index in [0.717, 1.165) is 22.0 Å². The van der Waals surface area contributed by atoms with Gasteiger partial charge < -0.3 is 9.72 Å². The Morgan fingerprint density at radius 1 is 0.953 bits per heavy atom. The predicted molar refractivity (Wildman–Crippen MR) is 167 cm³/mol. The van der Waals surface area contributed by atoms with Crippen LogP contribution < -0.4 is 4.74 Å². The van der Waals surface area contributed by atoms with Gasteiger partial charge >= 0.3 is 0 Å². The number of carbonyl (C=O) groups excluding carboxylic acids is 1. The number of hydrogen-bond donors (Lipinski definition) is 1. The summed E-state index contributed by atoms with van der Waals surface area (Å²) in [6.07, 6.45) is 4.36. The maximum atomic E-state index is 13.9. The van der Waals surface area contributed by atoms with Crippen LogP contribution in [0, 0.1) is 15.9 Å². The number of halogens is 1. The third-order valence-corrected chi connectivity index (χ3v) is 7.99. The number of hydrogen-bond acceptors (Lipinski definition) is 6. The number of ether oxygens (including phenoxy) is 1. The number of carbonyl (C=O) groups is 1. The second-order valence-electron chi connectivity index (χ2n) is 9.79. The first-order valence-corrected chi connectivity index (χ1v) is 14.3. The highest BCUT2D eigenvalue weighted by atomic mass is 32.2. The first-order valence-electron chi connectivity index (χ1n) is 13.5. The number of amidine groups is 1. The summed E-state index contributed by atoms with van der Waals surface area (Å²) in [6, 6.07) is 27.6. The van der Waals surface area contributed by atoms with Crippen LogP contribution in [0.3, 0.4) is 0 Å². The third kappa shape index (κ3) is 6.34. The topological polar surface area (TPSA) is 101 Å². The number of benzene rings is 4. The second kappa shape index (κ2) is 12.3. The molecule has 0 aliphatic carbocycles. The zero-order valence-electron chi connectivity index (χ0n) is 22.8. The number of non-ortho nitro benzene ring substituents is 1. The van der Waals surface area contributed by atoms with E-state index < -0.39 is 4.92 Å². The van der Waals surface area contributed by atoms with Crippen LogP contribution in [0.15, 0.2) is 113 Å². The molecule has 214 valence electrons. The molecule has 1 aromatic heterocycles. The van der Waals surface area contributed by atoms with Crippen molar-refractivity contribution in [3.8, 4) is 5.75 Å². The molecule has 1 amide bonds. The number of nitrogens with one attached hydrogen (secondary N) is 1. The molecule has 0 bridgehead atoms. The minimum atomic E-state index is -0.463. The monoisotopic (exact) mass is 592 g/mol. The van der Waals surface area contributed by atoms with E-state index in [1.165, 1.54) is 30.0 Å². The van der Waals surface area contributed by atoms with Gasteiger partial charge in [-0.1, -0.05) is 48.5 Å². The lowest BCUT2D eigenvalue weighted by atomic mass is 10.1. The molecular formula is C33H25FN4O4S. The summed E-state index contributed by atoms with van der Waals surface area (Å²) in [7, 11) is 0. The lowest BCUT2D eigenvalue weighted by Gasteiger charge is -2.15. The number of para-hydroxylation sites is 1. The summed E-state index contributed by atoms with van der Waals surface area (Å²) in [5.41, 5.74) is 3.86. The highest BCUT2D eigenvalue weighted by Crippen LogP contribution is 2.35. The van der Waals surface area contributed by atoms with Gasteiger partial charge in [0.15, 0.2) is 5.17 Å². The van der Waals surface area contributed by atoms with Crippen molar-refractivity contribution in [2.75, 3.05) is 6.54 Å². The van der Waals surface area contributed by atoms with Crippen LogP contribution in [0.4, 0.5) is 15.8 Å². The number of nitro benzene ring substituents is 1. The molecule has 0 unspecified atom stereocenters. The van der Waals surface area contributed by atoms with Gasteiger partial charge in [-0.25, -0.2) is 9.38 Å². The molecule has 0 spiro atoms. The summed E-state index contributed by atoms with van der Waals surface area (Å²) in [6.45, 7) is 0.509. The molecule has 6 rings (SSSR count). The summed E-state index contributed by atoms with van der Waals surface area (Å²) < 4.78 is 19.6. The SMILES string of the molecule is O=C1/C(=C/c2ccc(OCc3ccccc3F)cc2)SC(=Nc2ccc([N+](=O)[O-])cc2)N1CCc1c[nH]c2ccccc12. The molecule has 8 nitrogen and oxygen atoms in total. The first-order chi connectivity index (χ1) is 20.9. The third-order valence-electron chi connectivity index (χ3n) is 6.98. The summed E-state index contributed by atoms with van der Waals surface area (Å²) in [4.78, 5) is 34.3. The molecule has 0 radical (unpaired) electrons. The molecule has 2 heterocycles. The molecular weight excluding hydrogens is 567 g/mol. The van der Waals surface area contributed by atoms with Crippen LogP contribution >= 0.6 is 11.8 Å². The molecule has 1 N–H and O–H groups in total. The minimum Gasteiger partial charge on any atom is -0.489 e. The number of rotatable bonds is 9. The number of H-pyrrole nitrogens is 1. The predicted octanol–water partition coefficient (Wildman–Crippen LogP) is 7.64. The van der Waals surface area contributed by atoms with Crippen molar-refractivity contribution in [1.29, 1.82) is 0 Å². The van der Waals surface area contributed by atoms with Crippen molar-refractivity contribution in [3.63, 3.8) is 0 Å². The van der Waals surface area contributed by atoms with E-state index in [2.05, 4.69) is 9.98 Å². The Morgan fingerprint density at radius 2 is 1.70 bits per heavy atom. The van der Waals surface area contributed by atoms with Gasteiger partial charge in [-0.2, -0.15) is 0 Å². The van der Waals surface area contributed by atoms with Crippen molar-refractivity contribution < 1.29 is 18.8 Å². The fourth-order valence-corrected chi connectivity index (χ4v) is 5.73. The van der Waals surface area contributed by atoms with Crippen LogP contribution in [-0.4, -0.2) is 32.4 Å². The Morgan fingerprint density at radius 3 is 2.47 bits per heavy atom. The number of aromatic nitrogens is 1. The van der Waals surface area contributed by atoms with Crippen LogP contribution in [-0.2, 0) is 17.8 Å². The fourth-order valence-electron chi connectivity index (χ4n) is 4.71. The van der Waals surface area contributed by atoms with Gasteiger partial charge in [-0.05, 0) is 71.8 Å². The maximum absolute atomic E-state index is 13.9.